The lowest BCUT2D eigenvalue weighted by Gasteiger charge is -2.24. The number of methoxy groups -OCH3 is 1. The van der Waals surface area contributed by atoms with Gasteiger partial charge in [0.05, 0.1) is 13.0 Å². The molecule has 0 aromatic heterocycles. The Labute approximate surface area is 157 Å². The Morgan fingerprint density at radius 1 is 1.25 bits per heavy atom. The van der Waals surface area contributed by atoms with Gasteiger partial charge in [0, 0.05) is 30.2 Å². The Balaban J connectivity index is 0.00000288. The molecule has 4 nitrogen and oxygen atoms in total. The number of hydrogen-bond acceptors (Lipinski definition) is 3. The third-order valence-electron chi connectivity index (χ3n) is 3.76. The molecular formula is C18H22BrClN2O2. The standard InChI is InChI=1S/C18H21BrN2O2.ClH/c1-21(12-14-10-15(19)8-9-17(14)23-2)18(22)16(11-20)13-6-4-3-5-7-13;/h3-10,16H,11-12,20H2,1-2H3;1H. The third kappa shape index (κ3) is 4.97. The second-order valence-electron chi connectivity index (χ2n) is 5.35. The van der Waals surface area contributed by atoms with Crippen molar-refractivity contribution in [2.75, 3.05) is 20.7 Å². The van der Waals surface area contributed by atoms with Crippen LogP contribution in [0.4, 0.5) is 0 Å². The van der Waals surface area contributed by atoms with Crippen LogP contribution in [0.25, 0.3) is 0 Å². The molecule has 0 aliphatic carbocycles. The summed E-state index contributed by atoms with van der Waals surface area (Å²) in [7, 11) is 3.41. The molecule has 0 aliphatic heterocycles. The number of nitrogens with two attached hydrogens (primary N) is 1. The van der Waals surface area contributed by atoms with E-state index in [1.165, 1.54) is 0 Å². The molecule has 130 valence electrons. The van der Waals surface area contributed by atoms with Crippen molar-refractivity contribution in [1.29, 1.82) is 0 Å². The molecule has 1 amide bonds. The zero-order chi connectivity index (χ0) is 16.8. The fourth-order valence-electron chi connectivity index (χ4n) is 2.54. The van der Waals surface area contributed by atoms with Gasteiger partial charge in [-0.2, -0.15) is 0 Å². The van der Waals surface area contributed by atoms with Crippen molar-refractivity contribution >= 4 is 34.2 Å². The van der Waals surface area contributed by atoms with Gasteiger partial charge in [-0.1, -0.05) is 46.3 Å². The Hall–Kier alpha value is -1.56. The van der Waals surface area contributed by atoms with Gasteiger partial charge in [-0.3, -0.25) is 4.79 Å². The molecule has 1 unspecified atom stereocenters. The second-order valence-corrected chi connectivity index (χ2v) is 6.27. The Morgan fingerprint density at radius 3 is 2.50 bits per heavy atom. The van der Waals surface area contributed by atoms with Crippen LogP contribution >= 0.6 is 28.3 Å². The molecule has 2 rings (SSSR count). The predicted octanol–water partition coefficient (Wildman–Crippen LogP) is 3.58. The maximum Gasteiger partial charge on any atom is 0.231 e. The number of rotatable bonds is 6. The highest BCUT2D eigenvalue weighted by atomic mass is 79.9. The van der Waals surface area contributed by atoms with Crippen molar-refractivity contribution in [2.24, 2.45) is 5.73 Å². The van der Waals surface area contributed by atoms with Crippen LogP contribution in [0.1, 0.15) is 17.0 Å². The zero-order valence-electron chi connectivity index (χ0n) is 13.7. The molecular weight excluding hydrogens is 392 g/mol. The highest BCUT2D eigenvalue weighted by Crippen LogP contribution is 2.25. The third-order valence-corrected chi connectivity index (χ3v) is 4.26. The number of hydrogen-bond donors (Lipinski definition) is 1. The van der Waals surface area contributed by atoms with Crippen LogP contribution in [0.5, 0.6) is 5.75 Å². The second kappa shape index (κ2) is 9.67. The van der Waals surface area contributed by atoms with E-state index in [2.05, 4.69) is 15.9 Å². The van der Waals surface area contributed by atoms with Gasteiger partial charge in [-0.25, -0.2) is 0 Å². The topological polar surface area (TPSA) is 55.6 Å². The SMILES string of the molecule is COc1ccc(Br)cc1CN(C)C(=O)C(CN)c1ccccc1.Cl. The first-order chi connectivity index (χ1) is 11.1. The molecule has 0 fully saturated rings. The van der Waals surface area contributed by atoms with E-state index in [4.69, 9.17) is 10.5 Å². The largest absolute Gasteiger partial charge is 0.496 e. The molecule has 24 heavy (non-hydrogen) atoms. The van der Waals surface area contributed by atoms with Gasteiger partial charge >= 0.3 is 0 Å². The first-order valence-corrected chi connectivity index (χ1v) is 8.18. The summed E-state index contributed by atoms with van der Waals surface area (Å²) >= 11 is 3.45. The van der Waals surface area contributed by atoms with Crippen molar-refractivity contribution in [3.05, 3.63) is 64.1 Å². The summed E-state index contributed by atoms with van der Waals surface area (Å²) in [4.78, 5) is 14.4. The van der Waals surface area contributed by atoms with Crippen molar-refractivity contribution in [3.8, 4) is 5.75 Å². The van der Waals surface area contributed by atoms with E-state index in [0.717, 1.165) is 21.3 Å². The van der Waals surface area contributed by atoms with Crippen molar-refractivity contribution < 1.29 is 9.53 Å². The molecule has 0 saturated heterocycles. The zero-order valence-corrected chi connectivity index (χ0v) is 16.1. The summed E-state index contributed by atoms with van der Waals surface area (Å²) in [5, 5.41) is 0. The van der Waals surface area contributed by atoms with Crippen molar-refractivity contribution in [2.45, 2.75) is 12.5 Å². The summed E-state index contributed by atoms with van der Waals surface area (Å²) in [6.45, 7) is 0.744. The van der Waals surface area contributed by atoms with Crippen LogP contribution < -0.4 is 10.5 Å². The van der Waals surface area contributed by atoms with Crippen LogP contribution in [0.2, 0.25) is 0 Å². The Morgan fingerprint density at radius 2 is 1.92 bits per heavy atom. The fourth-order valence-corrected chi connectivity index (χ4v) is 2.94. The number of likely N-dealkylation sites (N-methyl/N-ethyl adjacent to an activating group) is 1. The maximum atomic E-state index is 12.8. The van der Waals surface area contributed by atoms with E-state index in [9.17, 15) is 4.79 Å². The number of halogens is 2. The summed E-state index contributed by atoms with van der Waals surface area (Å²) in [5.74, 6) is 0.428. The van der Waals surface area contributed by atoms with Crippen molar-refractivity contribution in [3.63, 3.8) is 0 Å². The van der Waals surface area contributed by atoms with Crippen LogP contribution in [0.3, 0.4) is 0 Å². The Kier molecular flexibility index (Phi) is 8.25. The first kappa shape index (κ1) is 20.5. The van der Waals surface area contributed by atoms with E-state index in [-0.39, 0.29) is 30.8 Å². The van der Waals surface area contributed by atoms with Gasteiger partial charge in [0.1, 0.15) is 5.75 Å². The number of nitrogens with zero attached hydrogens (tertiary/aromatic N) is 1. The van der Waals surface area contributed by atoms with Crippen LogP contribution in [-0.2, 0) is 11.3 Å². The molecule has 2 aromatic carbocycles. The average molecular weight is 414 g/mol. The molecule has 0 radical (unpaired) electrons. The highest BCUT2D eigenvalue weighted by molar-refractivity contribution is 9.10. The van der Waals surface area contributed by atoms with E-state index >= 15 is 0 Å². The minimum Gasteiger partial charge on any atom is -0.496 e. The van der Waals surface area contributed by atoms with Gasteiger partial charge in [0.15, 0.2) is 0 Å². The lowest BCUT2D eigenvalue weighted by atomic mass is 9.97. The van der Waals surface area contributed by atoms with E-state index < -0.39 is 0 Å². The lowest BCUT2D eigenvalue weighted by molar-refractivity contribution is -0.131. The monoisotopic (exact) mass is 412 g/mol. The number of benzene rings is 2. The highest BCUT2D eigenvalue weighted by Gasteiger charge is 2.23. The normalized spacial score (nSPS) is 11.3. The summed E-state index contributed by atoms with van der Waals surface area (Å²) in [6.07, 6.45) is 0. The van der Waals surface area contributed by atoms with E-state index in [1.54, 1.807) is 19.1 Å². The molecule has 1 atom stereocenters. The molecule has 6 heteroatoms. The summed E-state index contributed by atoms with van der Waals surface area (Å²) in [5.41, 5.74) is 7.72. The summed E-state index contributed by atoms with van der Waals surface area (Å²) < 4.78 is 6.32. The number of ether oxygens (including phenoxy) is 1. The predicted molar refractivity (Wildman–Crippen MR) is 103 cm³/mol. The smallest absolute Gasteiger partial charge is 0.231 e. The van der Waals surface area contributed by atoms with Gasteiger partial charge < -0.3 is 15.4 Å². The molecule has 0 spiro atoms. The molecule has 2 N–H and O–H groups in total. The molecule has 0 heterocycles. The average Bonchev–Trinajstić information content (AvgIpc) is 2.56. The van der Waals surface area contributed by atoms with Gasteiger partial charge in [-0.15, -0.1) is 12.4 Å². The minimum atomic E-state index is -0.334. The first-order valence-electron chi connectivity index (χ1n) is 7.39. The quantitative estimate of drug-likeness (QED) is 0.787. The molecule has 0 saturated carbocycles. The van der Waals surface area contributed by atoms with Gasteiger partial charge in [0.25, 0.3) is 0 Å². The Bertz CT molecular complexity index is 667. The number of amides is 1. The molecule has 0 bridgehead atoms. The maximum absolute atomic E-state index is 12.8. The van der Waals surface area contributed by atoms with Crippen molar-refractivity contribution in [1.82, 2.24) is 4.90 Å². The molecule has 0 aliphatic rings. The number of carbonyl (C=O) groups excluding carboxylic acids is 1. The van der Waals surface area contributed by atoms with Gasteiger partial charge in [-0.05, 0) is 23.8 Å². The van der Waals surface area contributed by atoms with E-state index in [1.807, 2.05) is 48.5 Å². The fraction of sp³-hybridized carbons (Fsp3) is 0.278. The van der Waals surface area contributed by atoms with E-state index in [0.29, 0.717) is 6.54 Å². The van der Waals surface area contributed by atoms with Crippen LogP contribution in [-0.4, -0.2) is 31.5 Å². The van der Waals surface area contributed by atoms with Crippen LogP contribution in [0, 0.1) is 0 Å². The summed E-state index contributed by atoms with van der Waals surface area (Å²) in [6, 6.07) is 15.4. The van der Waals surface area contributed by atoms with Crippen LogP contribution in [0.15, 0.2) is 53.0 Å². The minimum absolute atomic E-state index is 0. The lowest BCUT2D eigenvalue weighted by Crippen LogP contribution is -2.34. The van der Waals surface area contributed by atoms with Gasteiger partial charge in [0.2, 0.25) is 5.91 Å². The number of carbonyl (C=O) groups is 1. The molecule has 2 aromatic rings.